The molecular formula is C20H21F3N2O2. The van der Waals surface area contributed by atoms with Gasteiger partial charge in [0.1, 0.15) is 17.7 Å². The van der Waals surface area contributed by atoms with Crippen LogP contribution in [0.5, 0.6) is 5.75 Å². The van der Waals surface area contributed by atoms with Crippen molar-refractivity contribution in [1.82, 2.24) is 9.55 Å². The van der Waals surface area contributed by atoms with Crippen LogP contribution in [0.1, 0.15) is 37.3 Å². The third kappa shape index (κ3) is 4.60. The molecule has 4 nitrogen and oxygen atoms in total. The molecule has 27 heavy (non-hydrogen) atoms. The highest BCUT2D eigenvalue weighted by Crippen LogP contribution is 2.31. The standard InChI is InChI=1S/C20H21F3N2O2/c1-14(26)19-24-17-9-2-3-10-18(17)25(19)11-4-5-12-27-16-8-6-7-15(13-16)20(21,22)23/h2-3,6-10,13-14,26H,4-5,11-12H2,1H3. The summed E-state index contributed by atoms with van der Waals surface area (Å²) in [6.45, 7) is 2.64. The molecule has 0 aliphatic carbocycles. The molecule has 1 N–H and O–H groups in total. The topological polar surface area (TPSA) is 47.3 Å². The lowest BCUT2D eigenvalue weighted by molar-refractivity contribution is -0.137. The highest BCUT2D eigenvalue weighted by molar-refractivity contribution is 5.75. The molecule has 0 spiro atoms. The van der Waals surface area contributed by atoms with Gasteiger partial charge >= 0.3 is 6.18 Å². The van der Waals surface area contributed by atoms with Gasteiger partial charge < -0.3 is 14.4 Å². The number of aliphatic hydroxyl groups excluding tert-OH is 1. The summed E-state index contributed by atoms with van der Waals surface area (Å²) in [5.74, 6) is 0.817. The zero-order chi connectivity index (χ0) is 19.4. The minimum absolute atomic E-state index is 0.211. The van der Waals surface area contributed by atoms with E-state index in [2.05, 4.69) is 4.98 Å². The number of aromatic nitrogens is 2. The van der Waals surface area contributed by atoms with Crippen LogP contribution in [0.2, 0.25) is 0 Å². The fourth-order valence-electron chi connectivity index (χ4n) is 2.97. The third-order valence-corrected chi connectivity index (χ3v) is 4.26. The number of nitrogens with zero attached hydrogens (tertiary/aromatic N) is 2. The first-order chi connectivity index (χ1) is 12.9. The summed E-state index contributed by atoms with van der Waals surface area (Å²) in [4.78, 5) is 4.47. The van der Waals surface area contributed by atoms with Crippen molar-refractivity contribution < 1.29 is 23.0 Å². The van der Waals surface area contributed by atoms with Gasteiger partial charge in [0.05, 0.1) is 23.2 Å². The Morgan fingerprint density at radius 1 is 1.11 bits per heavy atom. The van der Waals surface area contributed by atoms with Crippen molar-refractivity contribution in [3.05, 3.63) is 59.9 Å². The van der Waals surface area contributed by atoms with Gasteiger partial charge in [-0.25, -0.2) is 4.98 Å². The van der Waals surface area contributed by atoms with Crippen molar-refractivity contribution >= 4 is 11.0 Å². The largest absolute Gasteiger partial charge is 0.494 e. The van der Waals surface area contributed by atoms with E-state index in [0.717, 1.165) is 29.6 Å². The molecule has 0 amide bonds. The average molecular weight is 378 g/mol. The Hall–Kier alpha value is -2.54. The number of aryl methyl sites for hydroxylation is 1. The minimum Gasteiger partial charge on any atom is -0.494 e. The maximum absolute atomic E-state index is 12.7. The maximum atomic E-state index is 12.7. The molecule has 0 fully saturated rings. The number of hydrogen-bond acceptors (Lipinski definition) is 3. The van der Waals surface area contributed by atoms with Crippen LogP contribution >= 0.6 is 0 Å². The molecule has 1 atom stereocenters. The zero-order valence-corrected chi connectivity index (χ0v) is 14.9. The summed E-state index contributed by atoms with van der Waals surface area (Å²) in [5, 5.41) is 9.95. The fourth-order valence-corrected chi connectivity index (χ4v) is 2.97. The molecule has 3 aromatic rings. The van der Waals surface area contributed by atoms with Gasteiger partial charge in [-0.15, -0.1) is 0 Å². The van der Waals surface area contributed by atoms with Crippen LogP contribution in [0, 0.1) is 0 Å². The number of unbranched alkanes of at least 4 members (excludes halogenated alkanes) is 1. The van der Waals surface area contributed by atoms with Gasteiger partial charge in [0.15, 0.2) is 0 Å². The van der Waals surface area contributed by atoms with Crippen molar-refractivity contribution in [2.45, 2.75) is 38.6 Å². The van der Waals surface area contributed by atoms with Crippen molar-refractivity contribution in [3.8, 4) is 5.75 Å². The van der Waals surface area contributed by atoms with Crippen LogP contribution < -0.4 is 4.74 Å². The van der Waals surface area contributed by atoms with E-state index in [4.69, 9.17) is 4.74 Å². The molecule has 0 aliphatic heterocycles. The normalized spacial score (nSPS) is 13.1. The number of aliphatic hydroxyl groups is 1. The first kappa shape index (κ1) is 19.2. The van der Waals surface area contributed by atoms with Gasteiger partial charge in [-0.3, -0.25) is 0 Å². The molecule has 1 unspecified atom stereocenters. The number of imidazole rings is 1. The van der Waals surface area contributed by atoms with Gasteiger partial charge in [-0.1, -0.05) is 18.2 Å². The van der Waals surface area contributed by atoms with E-state index in [1.165, 1.54) is 12.1 Å². The SMILES string of the molecule is CC(O)c1nc2ccccc2n1CCCCOc1cccc(C(F)(F)F)c1. The molecule has 0 saturated heterocycles. The molecule has 2 aromatic carbocycles. The summed E-state index contributed by atoms with van der Waals surface area (Å²) in [7, 11) is 0. The highest BCUT2D eigenvalue weighted by Gasteiger charge is 2.30. The molecular weight excluding hydrogens is 357 g/mol. The molecule has 0 saturated carbocycles. The van der Waals surface area contributed by atoms with E-state index in [1.807, 2.05) is 28.8 Å². The number of alkyl halides is 3. The second-order valence-corrected chi connectivity index (χ2v) is 6.37. The molecule has 0 aliphatic rings. The molecule has 1 heterocycles. The van der Waals surface area contributed by atoms with Gasteiger partial charge in [0, 0.05) is 6.54 Å². The Balaban J connectivity index is 1.57. The Bertz CT molecular complexity index is 904. The van der Waals surface area contributed by atoms with Gasteiger partial charge in [-0.2, -0.15) is 13.2 Å². The summed E-state index contributed by atoms with van der Waals surface area (Å²) in [6, 6.07) is 12.6. The van der Waals surface area contributed by atoms with Gasteiger partial charge in [0.2, 0.25) is 0 Å². The van der Waals surface area contributed by atoms with Crippen LogP contribution in [0.15, 0.2) is 48.5 Å². The van der Waals surface area contributed by atoms with Gasteiger partial charge in [0.25, 0.3) is 0 Å². The van der Waals surface area contributed by atoms with Crippen LogP contribution in [0.4, 0.5) is 13.2 Å². The number of fused-ring (bicyclic) bond motifs is 1. The van der Waals surface area contributed by atoms with Crippen molar-refractivity contribution in [1.29, 1.82) is 0 Å². The quantitative estimate of drug-likeness (QED) is 0.591. The minimum atomic E-state index is -4.38. The Morgan fingerprint density at radius 2 is 1.89 bits per heavy atom. The highest BCUT2D eigenvalue weighted by atomic mass is 19.4. The van der Waals surface area contributed by atoms with E-state index in [0.29, 0.717) is 25.4 Å². The van der Waals surface area contributed by atoms with Crippen LogP contribution in [-0.4, -0.2) is 21.3 Å². The number of rotatable bonds is 7. The smallest absolute Gasteiger partial charge is 0.416 e. The number of ether oxygens (including phenoxy) is 1. The van der Waals surface area contributed by atoms with Crippen molar-refractivity contribution in [3.63, 3.8) is 0 Å². The van der Waals surface area contributed by atoms with Gasteiger partial charge in [-0.05, 0) is 50.1 Å². The van der Waals surface area contributed by atoms with E-state index in [9.17, 15) is 18.3 Å². The number of hydrogen-bond donors (Lipinski definition) is 1. The lowest BCUT2D eigenvalue weighted by Crippen LogP contribution is -2.08. The Labute approximate surface area is 155 Å². The molecule has 3 rings (SSSR count). The monoisotopic (exact) mass is 378 g/mol. The summed E-state index contributed by atoms with van der Waals surface area (Å²) < 4.78 is 45.6. The third-order valence-electron chi connectivity index (χ3n) is 4.26. The van der Waals surface area contributed by atoms with E-state index < -0.39 is 17.8 Å². The molecule has 7 heteroatoms. The lowest BCUT2D eigenvalue weighted by Gasteiger charge is -2.12. The predicted octanol–water partition coefficient (Wildman–Crippen LogP) is 4.97. The van der Waals surface area contributed by atoms with E-state index in [1.54, 1.807) is 6.92 Å². The summed E-state index contributed by atoms with van der Waals surface area (Å²) in [5.41, 5.74) is 1.06. The molecule has 0 bridgehead atoms. The Morgan fingerprint density at radius 3 is 2.63 bits per heavy atom. The van der Waals surface area contributed by atoms with Crippen molar-refractivity contribution in [2.24, 2.45) is 0 Å². The van der Waals surface area contributed by atoms with Crippen molar-refractivity contribution in [2.75, 3.05) is 6.61 Å². The maximum Gasteiger partial charge on any atom is 0.416 e. The van der Waals surface area contributed by atoms with E-state index in [-0.39, 0.29) is 5.75 Å². The molecule has 144 valence electrons. The lowest BCUT2D eigenvalue weighted by atomic mass is 10.2. The van der Waals surface area contributed by atoms with Crippen LogP contribution in [0.25, 0.3) is 11.0 Å². The van der Waals surface area contributed by atoms with Crippen LogP contribution in [0.3, 0.4) is 0 Å². The second-order valence-electron chi connectivity index (χ2n) is 6.37. The Kier molecular flexibility index (Phi) is 5.70. The number of benzene rings is 2. The first-order valence-electron chi connectivity index (χ1n) is 8.79. The predicted molar refractivity (Wildman–Crippen MR) is 96.5 cm³/mol. The first-order valence-corrected chi connectivity index (χ1v) is 8.79. The second kappa shape index (κ2) is 8.00. The zero-order valence-electron chi connectivity index (χ0n) is 14.9. The van der Waals surface area contributed by atoms with E-state index >= 15 is 0 Å². The number of halogens is 3. The number of para-hydroxylation sites is 2. The molecule has 0 radical (unpaired) electrons. The van der Waals surface area contributed by atoms with Crippen LogP contribution in [-0.2, 0) is 12.7 Å². The fraction of sp³-hybridized carbons (Fsp3) is 0.350. The average Bonchev–Trinajstić information content (AvgIpc) is 3.00. The molecule has 1 aromatic heterocycles. The summed E-state index contributed by atoms with van der Waals surface area (Å²) in [6.07, 6.45) is -3.64. The summed E-state index contributed by atoms with van der Waals surface area (Å²) >= 11 is 0.